The summed E-state index contributed by atoms with van der Waals surface area (Å²) in [5, 5.41) is 4.83. The summed E-state index contributed by atoms with van der Waals surface area (Å²) in [4.78, 5) is 28.8. The first-order valence-electron chi connectivity index (χ1n) is 8.93. The molecule has 0 aliphatic rings. The topological polar surface area (TPSA) is 82.5 Å². The summed E-state index contributed by atoms with van der Waals surface area (Å²) in [6, 6.07) is 10.8. The molecule has 3 rings (SSSR count). The molecule has 0 radical (unpaired) electrons. The molecule has 0 saturated heterocycles. The lowest BCUT2D eigenvalue weighted by atomic mass is 9.96. The number of benzene rings is 2. The largest absolute Gasteiger partial charge is 0.497 e. The van der Waals surface area contributed by atoms with E-state index in [0.29, 0.717) is 0 Å². The van der Waals surface area contributed by atoms with Gasteiger partial charge in [-0.2, -0.15) is 0 Å². The molecule has 1 N–H and O–H groups in total. The third kappa shape index (κ3) is 4.31. The molecule has 0 unspecified atom stereocenters. The molecule has 0 aliphatic carbocycles. The predicted molar refractivity (Wildman–Crippen MR) is 105 cm³/mol. The molecule has 0 aliphatic heterocycles. The monoisotopic (exact) mass is 381 g/mol. The number of imidazole rings is 1. The van der Waals surface area contributed by atoms with Crippen LogP contribution in [0.5, 0.6) is 5.75 Å². The lowest BCUT2D eigenvalue weighted by molar-refractivity contribution is -0.145. The summed E-state index contributed by atoms with van der Waals surface area (Å²) in [5.74, 6) is -0.392. The van der Waals surface area contributed by atoms with E-state index in [1.807, 2.05) is 43.3 Å². The summed E-state index contributed by atoms with van der Waals surface area (Å²) >= 11 is 0. The van der Waals surface area contributed by atoms with Crippen LogP contribution < -0.4 is 10.1 Å². The Labute approximate surface area is 163 Å². The molecule has 2 atom stereocenters. The molecule has 2 aromatic carbocycles. The van der Waals surface area contributed by atoms with Crippen LogP contribution in [-0.4, -0.2) is 41.7 Å². The van der Waals surface area contributed by atoms with Crippen LogP contribution in [0.25, 0.3) is 10.8 Å². The van der Waals surface area contributed by atoms with Crippen molar-refractivity contribution < 1.29 is 19.1 Å². The van der Waals surface area contributed by atoms with E-state index >= 15 is 0 Å². The minimum Gasteiger partial charge on any atom is -0.497 e. The fourth-order valence-corrected chi connectivity index (χ4v) is 3.01. The van der Waals surface area contributed by atoms with E-state index in [9.17, 15) is 9.59 Å². The Kier molecular flexibility index (Phi) is 5.93. The SMILES string of the molecule is COC(=O)[C@@H](Cn1ccnc1)NC(=O)[C@@H](C)c1ccc2cc(OC)ccc2c1. The number of aromatic nitrogens is 2. The molecule has 0 saturated carbocycles. The van der Waals surface area contributed by atoms with Gasteiger partial charge >= 0.3 is 5.97 Å². The minimum atomic E-state index is -0.793. The number of hydrogen-bond acceptors (Lipinski definition) is 5. The second kappa shape index (κ2) is 8.56. The molecule has 28 heavy (non-hydrogen) atoms. The second-order valence-electron chi connectivity index (χ2n) is 6.54. The van der Waals surface area contributed by atoms with Gasteiger partial charge in [0.25, 0.3) is 0 Å². The number of fused-ring (bicyclic) bond motifs is 1. The molecule has 7 nitrogen and oxygen atoms in total. The smallest absolute Gasteiger partial charge is 0.330 e. The molecular weight excluding hydrogens is 358 g/mol. The lowest BCUT2D eigenvalue weighted by Crippen LogP contribution is -2.45. The van der Waals surface area contributed by atoms with Crippen LogP contribution in [-0.2, 0) is 20.9 Å². The molecule has 1 amide bonds. The number of amides is 1. The Hall–Kier alpha value is -3.35. The van der Waals surface area contributed by atoms with E-state index in [-0.39, 0.29) is 12.5 Å². The van der Waals surface area contributed by atoms with Gasteiger partial charge in [0.15, 0.2) is 0 Å². The summed E-state index contributed by atoms with van der Waals surface area (Å²) in [6.45, 7) is 2.06. The molecule has 1 aromatic heterocycles. The van der Waals surface area contributed by atoms with E-state index < -0.39 is 17.9 Å². The first-order valence-corrected chi connectivity index (χ1v) is 8.93. The zero-order valence-corrected chi connectivity index (χ0v) is 16.1. The molecule has 3 aromatic rings. The maximum absolute atomic E-state index is 12.8. The van der Waals surface area contributed by atoms with Gasteiger partial charge in [-0.25, -0.2) is 9.78 Å². The first kappa shape index (κ1) is 19.4. The van der Waals surface area contributed by atoms with Crippen molar-refractivity contribution in [1.29, 1.82) is 0 Å². The van der Waals surface area contributed by atoms with Crippen molar-refractivity contribution in [2.24, 2.45) is 0 Å². The van der Waals surface area contributed by atoms with Gasteiger partial charge in [0.2, 0.25) is 5.91 Å². The normalized spacial score (nSPS) is 13.0. The summed E-state index contributed by atoms with van der Waals surface area (Å²) in [5.41, 5.74) is 0.862. The third-order valence-corrected chi connectivity index (χ3v) is 4.72. The highest BCUT2D eigenvalue weighted by Crippen LogP contribution is 2.25. The van der Waals surface area contributed by atoms with Crippen LogP contribution in [0.4, 0.5) is 0 Å². The highest BCUT2D eigenvalue weighted by atomic mass is 16.5. The van der Waals surface area contributed by atoms with Crippen molar-refractivity contribution >= 4 is 22.6 Å². The molecule has 0 bridgehead atoms. The van der Waals surface area contributed by atoms with Crippen LogP contribution in [0.3, 0.4) is 0 Å². The van der Waals surface area contributed by atoms with Crippen LogP contribution in [0.2, 0.25) is 0 Å². The Morgan fingerprint density at radius 3 is 2.57 bits per heavy atom. The number of carbonyl (C=O) groups is 2. The van der Waals surface area contributed by atoms with Crippen molar-refractivity contribution in [2.45, 2.75) is 25.4 Å². The second-order valence-corrected chi connectivity index (χ2v) is 6.54. The quantitative estimate of drug-likeness (QED) is 0.636. The van der Waals surface area contributed by atoms with Gasteiger partial charge in [0.05, 0.1) is 33.0 Å². The maximum Gasteiger partial charge on any atom is 0.330 e. The van der Waals surface area contributed by atoms with Gasteiger partial charge in [-0.3, -0.25) is 4.79 Å². The molecule has 0 fully saturated rings. The van der Waals surface area contributed by atoms with Crippen LogP contribution in [0, 0.1) is 0 Å². The third-order valence-electron chi connectivity index (χ3n) is 4.72. The fourth-order valence-electron chi connectivity index (χ4n) is 3.01. The van der Waals surface area contributed by atoms with Crippen LogP contribution in [0.15, 0.2) is 55.1 Å². The van der Waals surface area contributed by atoms with E-state index in [1.54, 1.807) is 30.4 Å². The zero-order valence-electron chi connectivity index (χ0n) is 16.1. The van der Waals surface area contributed by atoms with E-state index in [4.69, 9.17) is 9.47 Å². The molecule has 0 spiro atoms. The van der Waals surface area contributed by atoms with Gasteiger partial charge in [0.1, 0.15) is 11.8 Å². The van der Waals surface area contributed by atoms with Crippen molar-refractivity contribution in [1.82, 2.24) is 14.9 Å². The van der Waals surface area contributed by atoms with Crippen molar-refractivity contribution in [3.8, 4) is 5.75 Å². The molecule has 7 heteroatoms. The molecule has 146 valence electrons. The van der Waals surface area contributed by atoms with Gasteiger partial charge in [-0.15, -0.1) is 0 Å². The van der Waals surface area contributed by atoms with E-state index in [0.717, 1.165) is 22.1 Å². The predicted octanol–water partition coefficient (Wildman–Crippen LogP) is 2.51. The Balaban J connectivity index is 1.76. The fraction of sp³-hybridized carbons (Fsp3) is 0.286. The number of ether oxygens (including phenoxy) is 2. The molecule has 1 heterocycles. The number of methoxy groups -OCH3 is 2. The average molecular weight is 381 g/mol. The van der Waals surface area contributed by atoms with E-state index in [1.165, 1.54) is 7.11 Å². The van der Waals surface area contributed by atoms with Gasteiger partial charge in [-0.1, -0.05) is 24.3 Å². The number of nitrogens with one attached hydrogen (secondary N) is 1. The van der Waals surface area contributed by atoms with Crippen molar-refractivity contribution in [3.05, 3.63) is 60.7 Å². The Morgan fingerprint density at radius 1 is 1.14 bits per heavy atom. The van der Waals surface area contributed by atoms with Crippen molar-refractivity contribution in [3.63, 3.8) is 0 Å². The maximum atomic E-state index is 12.8. The number of nitrogens with zero attached hydrogens (tertiary/aromatic N) is 2. The number of hydrogen-bond donors (Lipinski definition) is 1. The Bertz CT molecular complexity index is 969. The van der Waals surface area contributed by atoms with Gasteiger partial charge < -0.3 is 19.4 Å². The average Bonchev–Trinajstić information content (AvgIpc) is 3.24. The van der Waals surface area contributed by atoms with Crippen LogP contribution >= 0.6 is 0 Å². The highest BCUT2D eigenvalue weighted by Gasteiger charge is 2.25. The van der Waals surface area contributed by atoms with Crippen molar-refractivity contribution in [2.75, 3.05) is 14.2 Å². The van der Waals surface area contributed by atoms with Gasteiger partial charge in [-0.05, 0) is 35.4 Å². The number of carbonyl (C=O) groups excluding carboxylic acids is 2. The minimum absolute atomic E-state index is 0.247. The van der Waals surface area contributed by atoms with E-state index in [2.05, 4.69) is 10.3 Å². The Morgan fingerprint density at radius 2 is 1.89 bits per heavy atom. The zero-order chi connectivity index (χ0) is 20.1. The summed E-state index contributed by atoms with van der Waals surface area (Å²) < 4.78 is 11.8. The lowest BCUT2D eigenvalue weighted by Gasteiger charge is -2.20. The summed E-state index contributed by atoms with van der Waals surface area (Å²) in [7, 11) is 2.93. The molecular formula is C21H23N3O4. The number of rotatable bonds is 7. The first-order chi connectivity index (χ1) is 13.5. The standard InChI is InChI=1S/C21H23N3O4/c1-14(15-4-5-17-11-18(27-2)7-6-16(17)10-15)20(25)23-19(21(26)28-3)12-24-9-8-22-13-24/h4-11,13-14,19H,12H2,1-3H3,(H,23,25)/t14-,19+/m0/s1. The van der Waals surface area contributed by atoms with Crippen LogP contribution in [0.1, 0.15) is 18.4 Å². The highest BCUT2D eigenvalue weighted by molar-refractivity contribution is 5.90. The number of esters is 1. The summed E-state index contributed by atoms with van der Waals surface area (Å²) in [6.07, 6.45) is 4.93. The van der Waals surface area contributed by atoms with Gasteiger partial charge in [0, 0.05) is 12.4 Å².